The average Bonchev–Trinajstić information content (AvgIpc) is 2.65. The van der Waals surface area contributed by atoms with Crippen molar-refractivity contribution >= 4 is 17.5 Å². The van der Waals surface area contributed by atoms with Gasteiger partial charge in [0.15, 0.2) is 5.78 Å². The summed E-state index contributed by atoms with van der Waals surface area (Å²) in [6.07, 6.45) is 0.625. The predicted molar refractivity (Wildman–Crippen MR) is 96.0 cm³/mol. The SMILES string of the molecule is C.CC(=O)NC(C)C(C)=O.CCC#N.Cc1[nH]c(N)c(C)c1C. The molecule has 6 heteroatoms. The van der Waals surface area contributed by atoms with Gasteiger partial charge >= 0.3 is 0 Å². The summed E-state index contributed by atoms with van der Waals surface area (Å²) in [6, 6.07) is 1.59. The van der Waals surface area contributed by atoms with Crippen molar-refractivity contribution in [3.63, 3.8) is 0 Å². The van der Waals surface area contributed by atoms with Crippen LogP contribution in [-0.2, 0) is 9.59 Å². The first-order chi connectivity index (χ1) is 10.1. The molecule has 0 bridgehead atoms. The molecule has 0 saturated heterocycles. The van der Waals surface area contributed by atoms with E-state index in [0.29, 0.717) is 6.42 Å². The standard InChI is InChI=1S/C7H12N2.C6H11NO2.C3H5N.CH4/c1-4-5(2)7(8)9-6(4)3;1-4(5(2)8)7-6(3)9;1-2-3-4;/h9H,8H2,1-3H3;4H,1-3H3,(H,7,9);2H2,1H3;1H4. The number of H-pyrrole nitrogens is 1. The molecular formula is C17H32N4O2. The van der Waals surface area contributed by atoms with Crippen LogP contribution in [-0.4, -0.2) is 22.7 Å². The van der Waals surface area contributed by atoms with Crippen molar-refractivity contribution in [3.8, 4) is 6.07 Å². The van der Waals surface area contributed by atoms with E-state index in [4.69, 9.17) is 11.0 Å². The molecule has 1 unspecified atom stereocenters. The summed E-state index contributed by atoms with van der Waals surface area (Å²) in [7, 11) is 0. The fraction of sp³-hybridized carbons (Fsp3) is 0.588. The summed E-state index contributed by atoms with van der Waals surface area (Å²) in [5.74, 6) is 0.605. The Morgan fingerprint density at radius 2 is 1.70 bits per heavy atom. The van der Waals surface area contributed by atoms with E-state index in [9.17, 15) is 9.59 Å². The fourth-order valence-corrected chi connectivity index (χ4v) is 1.28. The molecule has 4 N–H and O–H groups in total. The number of nitrogen functional groups attached to an aromatic ring is 1. The molecule has 132 valence electrons. The smallest absolute Gasteiger partial charge is 0.217 e. The zero-order valence-electron chi connectivity index (χ0n) is 14.6. The second-order valence-electron chi connectivity index (χ2n) is 4.96. The van der Waals surface area contributed by atoms with Crippen LogP contribution in [0.1, 0.15) is 58.4 Å². The number of aryl methyl sites for hydroxylation is 1. The Morgan fingerprint density at radius 1 is 1.26 bits per heavy atom. The highest BCUT2D eigenvalue weighted by Crippen LogP contribution is 2.16. The van der Waals surface area contributed by atoms with Gasteiger partial charge in [-0.1, -0.05) is 14.4 Å². The molecule has 6 nitrogen and oxygen atoms in total. The van der Waals surface area contributed by atoms with E-state index >= 15 is 0 Å². The minimum Gasteiger partial charge on any atom is -0.385 e. The first-order valence-electron chi connectivity index (χ1n) is 7.14. The molecule has 0 aliphatic heterocycles. The third-order valence-corrected chi connectivity index (χ3v) is 3.04. The number of nitriles is 1. The van der Waals surface area contributed by atoms with Gasteiger partial charge in [0.05, 0.1) is 12.1 Å². The number of carbonyl (C=O) groups excluding carboxylic acids is 2. The molecule has 0 aliphatic carbocycles. The largest absolute Gasteiger partial charge is 0.385 e. The Morgan fingerprint density at radius 3 is 1.78 bits per heavy atom. The fourth-order valence-electron chi connectivity index (χ4n) is 1.28. The monoisotopic (exact) mass is 324 g/mol. The van der Waals surface area contributed by atoms with Crippen LogP contribution in [0.5, 0.6) is 0 Å². The number of anilines is 1. The number of amides is 1. The quantitative estimate of drug-likeness (QED) is 0.775. The number of hydrogen-bond donors (Lipinski definition) is 3. The maximum Gasteiger partial charge on any atom is 0.217 e. The first kappa shape index (κ1) is 25.7. The van der Waals surface area contributed by atoms with Crippen LogP contribution in [0.4, 0.5) is 5.82 Å². The number of Topliss-reactive ketones (excluding diaryl/α,β-unsaturated/α-hetero) is 1. The summed E-state index contributed by atoms with van der Waals surface area (Å²) in [6.45, 7) is 12.4. The third-order valence-electron chi connectivity index (χ3n) is 3.04. The number of nitrogens with zero attached hydrogens (tertiary/aromatic N) is 1. The predicted octanol–water partition coefficient (Wildman–Crippen LogP) is 3.18. The molecule has 0 aromatic carbocycles. The lowest BCUT2D eigenvalue weighted by molar-refractivity contribution is -0.125. The minimum absolute atomic E-state index is 0. The molecule has 1 aromatic heterocycles. The molecule has 0 radical (unpaired) electrons. The third kappa shape index (κ3) is 12.0. The summed E-state index contributed by atoms with van der Waals surface area (Å²) < 4.78 is 0. The lowest BCUT2D eigenvalue weighted by Gasteiger charge is -2.06. The van der Waals surface area contributed by atoms with Crippen molar-refractivity contribution in [3.05, 3.63) is 16.8 Å². The summed E-state index contributed by atoms with van der Waals surface area (Å²) in [4.78, 5) is 23.8. The highest BCUT2D eigenvalue weighted by molar-refractivity contribution is 5.86. The topological polar surface area (TPSA) is 112 Å². The van der Waals surface area contributed by atoms with Crippen LogP contribution in [0.2, 0.25) is 0 Å². The number of nitrogens with two attached hydrogens (primary N) is 1. The van der Waals surface area contributed by atoms with Crippen molar-refractivity contribution in [1.82, 2.24) is 10.3 Å². The van der Waals surface area contributed by atoms with Gasteiger partial charge in [-0.25, -0.2) is 0 Å². The average molecular weight is 324 g/mol. The van der Waals surface area contributed by atoms with E-state index in [0.717, 1.165) is 5.82 Å². The number of ketones is 1. The number of rotatable bonds is 2. The number of nitrogens with one attached hydrogen (secondary N) is 2. The van der Waals surface area contributed by atoms with Crippen LogP contribution in [0.15, 0.2) is 0 Å². The molecule has 0 saturated carbocycles. The Hall–Kier alpha value is -2.29. The van der Waals surface area contributed by atoms with Crippen molar-refractivity contribution in [2.45, 2.75) is 68.4 Å². The lowest BCUT2D eigenvalue weighted by Crippen LogP contribution is -2.35. The van der Waals surface area contributed by atoms with Crippen molar-refractivity contribution in [2.24, 2.45) is 0 Å². The number of aromatic amines is 1. The van der Waals surface area contributed by atoms with E-state index in [2.05, 4.69) is 17.2 Å². The van der Waals surface area contributed by atoms with Gasteiger partial charge in [-0.15, -0.1) is 0 Å². The molecule has 1 atom stereocenters. The second kappa shape index (κ2) is 13.4. The summed E-state index contributed by atoms with van der Waals surface area (Å²) in [5, 5.41) is 10.1. The highest BCUT2D eigenvalue weighted by Gasteiger charge is 2.06. The Kier molecular flexibility index (Phi) is 14.9. The van der Waals surface area contributed by atoms with Crippen molar-refractivity contribution in [2.75, 3.05) is 5.73 Å². The second-order valence-corrected chi connectivity index (χ2v) is 4.96. The van der Waals surface area contributed by atoms with Crippen LogP contribution in [0.25, 0.3) is 0 Å². The van der Waals surface area contributed by atoms with Crippen molar-refractivity contribution in [1.29, 1.82) is 5.26 Å². The van der Waals surface area contributed by atoms with Gasteiger partial charge in [0.1, 0.15) is 5.82 Å². The normalized spacial score (nSPS) is 9.65. The molecule has 0 spiro atoms. The van der Waals surface area contributed by atoms with Gasteiger partial charge in [-0.2, -0.15) is 5.26 Å². The van der Waals surface area contributed by atoms with E-state index < -0.39 is 0 Å². The van der Waals surface area contributed by atoms with Gasteiger partial charge in [0, 0.05) is 19.0 Å². The molecule has 1 amide bonds. The van der Waals surface area contributed by atoms with Gasteiger partial charge in [-0.05, 0) is 45.7 Å². The van der Waals surface area contributed by atoms with E-state index in [1.54, 1.807) is 6.92 Å². The van der Waals surface area contributed by atoms with Gasteiger partial charge in [0.25, 0.3) is 0 Å². The zero-order chi connectivity index (χ0) is 17.9. The molecule has 0 aliphatic rings. The highest BCUT2D eigenvalue weighted by atomic mass is 16.2. The van der Waals surface area contributed by atoms with Gasteiger partial charge < -0.3 is 16.0 Å². The number of hydrogen-bond acceptors (Lipinski definition) is 4. The maximum absolute atomic E-state index is 10.5. The summed E-state index contributed by atoms with van der Waals surface area (Å²) in [5.41, 5.74) is 9.20. The van der Waals surface area contributed by atoms with Gasteiger partial charge in [-0.3, -0.25) is 9.59 Å². The lowest BCUT2D eigenvalue weighted by atomic mass is 10.2. The van der Waals surface area contributed by atoms with Crippen LogP contribution < -0.4 is 11.1 Å². The number of aromatic nitrogens is 1. The molecule has 23 heavy (non-hydrogen) atoms. The van der Waals surface area contributed by atoms with Crippen LogP contribution >= 0.6 is 0 Å². The van der Waals surface area contributed by atoms with E-state index in [-0.39, 0.29) is 25.2 Å². The van der Waals surface area contributed by atoms with E-state index in [1.165, 1.54) is 30.7 Å². The van der Waals surface area contributed by atoms with E-state index in [1.807, 2.05) is 26.8 Å². The van der Waals surface area contributed by atoms with Gasteiger partial charge in [0.2, 0.25) is 5.91 Å². The maximum atomic E-state index is 10.5. The van der Waals surface area contributed by atoms with Crippen LogP contribution in [0.3, 0.4) is 0 Å². The Bertz CT molecular complexity index is 505. The Balaban J connectivity index is -0.000000274. The minimum atomic E-state index is -0.345. The Labute approximate surface area is 140 Å². The molecular weight excluding hydrogens is 292 g/mol. The molecule has 1 heterocycles. The first-order valence-corrected chi connectivity index (χ1v) is 7.14. The molecule has 1 rings (SSSR count). The number of carbonyl (C=O) groups is 2. The molecule has 0 fully saturated rings. The molecule has 1 aromatic rings. The zero-order valence-corrected chi connectivity index (χ0v) is 14.6. The summed E-state index contributed by atoms with van der Waals surface area (Å²) >= 11 is 0. The van der Waals surface area contributed by atoms with Crippen molar-refractivity contribution < 1.29 is 9.59 Å². The van der Waals surface area contributed by atoms with Crippen LogP contribution in [0, 0.1) is 32.1 Å².